The van der Waals surface area contributed by atoms with Crippen molar-refractivity contribution >= 4 is 6.09 Å². The second kappa shape index (κ2) is 5.87. The molecule has 0 saturated carbocycles. The van der Waals surface area contributed by atoms with Crippen LogP contribution < -0.4 is 0 Å². The molecule has 0 unspecified atom stereocenters. The molecular formula is C14H19NO3. The molecule has 1 saturated heterocycles. The summed E-state index contributed by atoms with van der Waals surface area (Å²) in [7, 11) is 0. The number of benzene rings is 1. The lowest BCUT2D eigenvalue weighted by atomic mass is 9.96. The van der Waals surface area contributed by atoms with Gasteiger partial charge in [-0.1, -0.05) is 37.3 Å². The number of β-amino-alcohol motifs (C(OH)–C–C–N with tert-alkyl or cyclic N) is 1. The fraction of sp³-hybridized carbons (Fsp3) is 0.500. The smallest absolute Gasteiger partial charge is 0.410 e. The van der Waals surface area contributed by atoms with E-state index in [-0.39, 0.29) is 18.6 Å². The molecule has 1 N–H and O–H groups in total. The monoisotopic (exact) mass is 249 g/mol. The van der Waals surface area contributed by atoms with E-state index in [2.05, 4.69) is 0 Å². The minimum atomic E-state index is -0.442. The molecule has 0 radical (unpaired) electrons. The van der Waals surface area contributed by atoms with Crippen LogP contribution in [0, 0.1) is 5.92 Å². The van der Waals surface area contributed by atoms with Crippen molar-refractivity contribution in [2.24, 2.45) is 5.92 Å². The van der Waals surface area contributed by atoms with E-state index < -0.39 is 6.10 Å². The van der Waals surface area contributed by atoms with Gasteiger partial charge in [0.15, 0.2) is 0 Å². The first-order valence-electron chi connectivity index (χ1n) is 6.30. The minimum absolute atomic E-state index is 0.253. The standard InChI is InChI=1S/C14H19NO3/c1-11-7-8-15(9-13(11)16)14(17)18-10-12-5-3-2-4-6-12/h2-6,11,13,16H,7-10H2,1H3/t11-,13-/m1/s1. The van der Waals surface area contributed by atoms with Gasteiger partial charge in [-0.25, -0.2) is 4.79 Å². The van der Waals surface area contributed by atoms with Gasteiger partial charge in [0.05, 0.1) is 12.6 Å². The van der Waals surface area contributed by atoms with Crippen LogP contribution in [0.25, 0.3) is 0 Å². The molecule has 0 aliphatic carbocycles. The van der Waals surface area contributed by atoms with Crippen molar-refractivity contribution in [3.8, 4) is 0 Å². The highest BCUT2D eigenvalue weighted by Gasteiger charge is 2.27. The number of hydrogen-bond acceptors (Lipinski definition) is 3. The van der Waals surface area contributed by atoms with Crippen LogP contribution in [0.5, 0.6) is 0 Å². The molecule has 1 aromatic rings. The average Bonchev–Trinajstić information content (AvgIpc) is 2.40. The zero-order valence-corrected chi connectivity index (χ0v) is 10.6. The van der Waals surface area contributed by atoms with Gasteiger partial charge in [0.1, 0.15) is 6.61 Å². The van der Waals surface area contributed by atoms with Gasteiger partial charge in [0.2, 0.25) is 0 Å². The molecule has 1 fully saturated rings. The number of aliphatic hydroxyl groups excluding tert-OH is 1. The number of amides is 1. The van der Waals surface area contributed by atoms with E-state index in [1.165, 1.54) is 0 Å². The summed E-state index contributed by atoms with van der Waals surface area (Å²) < 4.78 is 5.23. The van der Waals surface area contributed by atoms with E-state index in [0.29, 0.717) is 13.1 Å². The molecule has 1 heterocycles. The Balaban J connectivity index is 1.82. The first-order chi connectivity index (χ1) is 8.66. The summed E-state index contributed by atoms with van der Waals surface area (Å²) in [6.45, 7) is 3.31. The predicted molar refractivity (Wildman–Crippen MR) is 68.0 cm³/mol. The maximum Gasteiger partial charge on any atom is 0.410 e. The number of ether oxygens (including phenoxy) is 1. The Morgan fingerprint density at radius 1 is 1.44 bits per heavy atom. The highest BCUT2D eigenvalue weighted by molar-refractivity contribution is 5.67. The van der Waals surface area contributed by atoms with Crippen LogP contribution in [0.15, 0.2) is 30.3 Å². The van der Waals surface area contributed by atoms with Gasteiger partial charge in [0.25, 0.3) is 0 Å². The summed E-state index contributed by atoms with van der Waals surface area (Å²) in [5, 5.41) is 9.73. The fourth-order valence-electron chi connectivity index (χ4n) is 2.03. The van der Waals surface area contributed by atoms with Gasteiger partial charge >= 0.3 is 6.09 Å². The number of carbonyl (C=O) groups is 1. The predicted octanol–water partition coefficient (Wildman–Crippen LogP) is 2.03. The molecule has 4 nitrogen and oxygen atoms in total. The van der Waals surface area contributed by atoms with E-state index in [1.54, 1.807) is 4.90 Å². The van der Waals surface area contributed by atoms with Crippen molar-refractivity contribution in [3.63, 3.8) is 0 Å². The van der Waals surface area contributed by atoms with Crippen molar-refractivity contribution in [1.29, 1.82) is 0 Å². The van der Waals surface area contributed by atoms with E-state index in [9.17, 15) is 9.90 Å². The summed E-state index contributed by atoms with van der Waals surface area (Å²) in [5.41, 5.74) is 0.969. The van der Waals surface area contributed by atoms with Crippen LogP contribution >= 0.6 is 0 Å². The Kier molecular flexibility index (Phi) is 4.20. The molecular weight excluding hydrogens is 230 g/mol. The lowest BCUT2D eigenvalue weighted by Crippen LogP contribution is -2.45. The first-order valence-corrected chi connectivity index (χ1v) is 6.30. The summed E-state index contributed by atoms with van der Waals surface area (Å²) in [5.74, 6) is 0.253. The van der Waals surface area contributed by atoms with Crippen molar-refractivity contribution < 1.29 is 14.6 Å². The zero-order chi connectivity index (χ0) is 13.0. The van der Waals surface area contributed by atoms with E-state index in [1.807, 2.05) is 37.3 Å². The normalized spacial score (nSPS) is 23.8. The van der Waals surface area contributed by atoms with Gasteiger partial charge in [0, 0.05) is 6.54 Å². The quantitative estimate of drug-likeness (QED) is 0.872. The lowest BCUT2D eigenvalue weighted by molar-refractivity contribution is 0.0192. The van der Waals surface area contributed by atoms with Gasteiger partial charge in [-0.2, -0.15) is 0 Å². The highest BCUT2D eigenvalue weighted by atomic mass is 16.6. The molecule has 2 rings (SSSR count). The summed E-state index contributed by atoms with van der Waals surface area (Å²) in [6.07, 6.45) is 0.0366. The fourth-order valence-corrected chi connectivity index (χ4v) is 2.03. The SMILES string of the molecule is C[C@@H]1CCN(C(=O)OCc2ccccc2)C[C@H]1O. The Morgan fingerprint density at radius 2 is 2.17 bits per heavy atom. The summed E-state index contributed by atoms with van der Waals surface area (Å²) >= 11 is 0. The Bertz CT molecular complexity index is 393. The van der Waals surface area contributed by atoms with Crippen LogP contribution in [0.1, 0.15) is 18.9 Å². The molecule has 1 aliphatic rings. The Morgan fingerprint density at radius 3 is 2.83 bits per heavy atom. The molecule has 1 aliphatic heterocycles. The van der Waals surface area contributed by atoms with Crippen LogP contribution in [-0.4, -0.2) is 35.3 Å². The topological polar surface area (TPSA) is 49.8 Å². The molecule has 4 heteroatoms. The lowest BCUT2D eigenvalue weighted by Gasteiger charge is -2.33. The van der Waals surface area contributed by atoms with Crippen LogP contribution in [0.4, 0.5) is 4.79 Å². The van der Waals surface area contributed by atoms with E-state index in [0.717, 1.165) is 12.0 Å². The third-order valence-electron chi connectivity index (χ3n) is 3.38. The molecule has 2 atom stereocenters. The largest absolute Gasteiger partial charge is 0.445 e. The van der Waals surface area contributed by atoms with Crippen molar-refractivity contribution in [2.75, 3.05) is 13.1 Å². The maximum absolute atomic E-state index is 11.8. The first kappa shape index (κ1) is 12.9. The molecule has 0 spiro atoms. The van der Waals surface area contributed by atoms with E-state index in [4.69, 9.17) is 4.74 Å². The van der Waals surface area contributed by atoms with Crippen molar-refractivity contribution in [2.45, 2.75) is 26.1 Å². The number of nitrogens with zero attached hydrogens (tertiary/aromatic N) is 1. The van der Waals surface area contributed by atoms with Gasteiger partial charge in [-0.15, -0.1) is 0 Å². The molecule has 1 aromatic carbocycles. The summed E-state index contributed by atoms with van der Waals surface area (Å²) in [6, 6.07) is 9.58. The van der Waals surface area contributed by atoms with Gasteiger partial charge in [-0.05, 0) is 17.9 Å². The van der Waals surface area contributed by atoms with Crippen molar-refractivity contribution in [1.82, 2.24) is 4.90 Å². The van der Waals surface area contributed by atoms with Gasteiger partial charge < -0.3 is 14.7 Å². The number of piperidine rings is 1. The van der Waals surface area contributed by atoms with Gasteiger partial charge in [-0.3, -0.25) is 0 Å². The Labute approximate surface area is 107 Å². The number of rotatable bonds is 2. The summed E-state index contributed by atoms with van der Waals surface area (Å²) in [4.78, 5) is 13.4. The number of carbonyl (C=O) groups excluding carboxylic acids is 1. The highest BCUT2D eigenvalue weighted by Crippen LogP contribution is 2.17. The molecule has 0 aromatic heterocycles. The third-order valence-corrected chi connectivity index (χ3v) is 3.38. The van der Waals surface area contributed by atoms with Crippen LogP contribution in [0.3, 0.4) is 0 Å². The molecule has 18 heavy (non-hydrogen) atoms. The molecule has 98 valence electrons. The molecule has 0 bridgehead atoms. The zero-order valence-electron chi connectivity index (χ0n) is 10.6. The third kappa shape index (κ3) is 3.23. The van der Waals surface area contributed by atoms with E-state index >= 15 is 0 Å². The average molecular weight is 249 g/mol. The number of aliphatic hydroxyl groups is 1. The van der Waals surface area contributed by atoms with Crippen LogP contribution in [-0.2, 0) is 11.3 Å². The number of hydrogen-bond donors (Lipinski definition) is 1. The van der Waals surface area contributed by atoms with Crippen LogP contribution in [0.2, 0.25) is 0 Å². The number of likely N-dealkylation sites (tertiary alicyclic amines) is 1. The minimum Gasteiger partial charge on any atom is -0.445 e. The van der Waals surface area contributed by atoms with Crippen molar-refractivity contribution in [3.05, 3.63) is 35.9 Å². The second-order valence-corrected chi connectivity index (χ2v) is 4.82. The second-order valence-electron chi connectivity index (χ2n) is 4.82. The Hall–Kier alpha value is -1.55. The maximum atomic E-state index is 11.8. The molecule has 1 amide bonds.